The third-order valence-electron chi connectivity index (χ3n) is 4.78. The van der Waals surface area contributed by atoms with Crippen molar-refractivity contribution in [3.8, 4) is 0 Å². The highest BCUT2D eigenvalue weighted by Crippen LogP contribution is 2.28. The number of hydrogen-bond acceptors (Lipinski definition) is 5. The van der Waals surface area contributed by atoms with Crippen LogP contribution in [0.4, 0.5) is 5.82 Å². The van der Waals surface area contributed by atoms with Crippen LogP contribution in [0.3, 0.4) is 0 Å². The fraction of sp³-hybridized carbons (Fsp3) is 0.389. The number of nitrogens with one attached hydrogen (secondary N) is 1. The van der Waals surface area contributed by atoms with E-state index in [9.17, 15) is 0 Å². The highest BCUT2D eigenvalue weighted by molar-refractivity contribution is 5.89. The van der Waals surface area contributed by atoms with Gasteiger partial charge in [0.15, 0.2) is 5.65 Å². The minimum absolute atomic E-state index is 0.388. The first-order valence-electron chi connectivity index (χ1n) is 8.37. The molecule has 1 fully saturated rings. The molecule has 6 heteroatoms. The summed E-state index contributed by atoms with van der Waals surface area (Å²) in [5.74, 6) is 1.00. The van der Waals surface area contributed by atoms with Gasteiger partial charge in [-0.3, -0.25) is 5.10 Å². The van der Waals surface area contributed by atoms with E-state index in [-0.39, 0.29) is 0 Å². The molecule has 1 aliphatic heterocycles. The Morgan fingerprint density at radius 1 is 1.17 bits per heavy atom. The molecule has 1 unspecified atom stereocenters. The van der Waals surface area contributed by atoms with Gasteiger partial charge in [-0.15, -0.1) is 0 Å². The van der Waals surface area contributed by atoms with E-state index in [1.807, 2.05) is 6.92 Å². The van der Waals surface area contributed by atoms with Gasteiger partial charge in [0.1, 0.15) is 12.1 Å². The maximum absolute atomic E-state index is 4.62. The Hall–Kier alpha value is -2.47. The summed E-state index contributed by atoms with van der Waals surface area (Å²) in [7, 11) is 2.19. The second-order valence-corrected chi connectivity index (χ2v) is 6.54. The van der Waals surface area contributed by atoms with Gasteiger partial charge in [-0.1, -0.05) is 30.3 Å². The molecule has 0 aliphatic carbocycles. The van der Waals surface area contributed by atoms with E-state index in [1.54, 1.807) is 6.33 Å². The van der Waals surface area contributed by atoms with Crippen molar-refractivity contribution in [3.63, 3.8) is 0 Å². The number of aryl methyl sites for hydroxylation is 1. The Balaban J connectivity index is 1.72. The number of H-pyrrole nitrogens is 1. The molecule has 3 aromatic rings. The number of anilines is 1. The summed E-state index contributed by atoms with van der Waals surface area (Å²) in [5, 5.41) is 8.37. The molecular formula is C18H22N6. The molecular weight excluding hydrogens is 300 g/mol. The minimum atomic E-state index is 0.388. The van der Waals surface area contributed by atoms with Crippen LogP contribution in [-0.4, -0.2) is 57.8 Å². The Labute approximate surface area is 141 Å². The Kier molecular flexibility index (Phi) is 3.90. The lowest BCUT2D eigenvalue weighted by Crippen LogP contribution is -2.53. The fourth-order valence-corrected chi connectivity index (χ4v) is 3.55. The highest BCUT2D eigenvalue weighted by Gasteiger charge is 2.28. The summed E-state index contributed by atoms with van der Waals surface area (Å²) in [6.07, 6.45) is 2.63. The molecule has 3 heterocycles. The summed E-state index contributed by atoms with van der Waals surface area (Å²) < 4.78 is 0. The van der Waals surface area contributed by atoms with Crippen LogP contribution in [0.1, 0.15) is 11.3 Å². The highest BCUT2D eigenvalue weighted by atomic mass is 15.3. The maximum atomic E-state index is 4.62. The zero-order valence-corrected chi connectivity index (χ0v) is 14.1. The molecule has 1 atom stereocenters. The lowest BCUT2D eigenvalue weighted by atomic mass is 10.0. The van der Waals surface area contributed by atoms with Gasteiger partial charge in [-0.2, -0.15) is 5.10 Å². The summed E-state index contributed by atoms with van der Waals surface area (Å²) in [6.45, 7) is 5.06. The van der Waals surface area contributed by atoms with Crippen molar-refractivity contribution in [2.75, 3.05) is 31.6 Å². The van der Waals surface area contributed by atoms with Crippen molar-refractivity contribution in [2.45, 2.75) is 19.4 Å². The van der Waals surface area contributed by atoms with E-state index in [1.165, 1.54) is 5.56 Å². The molecule has 1 aliphatic rings. The molecule has 1 N–H and O–H groups in total. The van der Waals surface area contributed by atoms with Crippen LogP contribution in [0, 0.1) is 6.92 Å². The van der Waals surface area contributed by atoms with E-state index in [0.29, 0.717) is 6.04 Å². The first-order chi connectivity index (χ1) is 11.7. The zero-order valence-electron chi connectivity index (χ0n) is 14.1. The van der Waals surface area contributed by atoms with Gasteiger partial charge in [0.2, 0.25) is 0 Å². The number of benzene rings is 1. The Morgan fingerprint density at radius 3 is 2.83 bits per heavy atom. The van der Waals surface area contributed by atoms with E-state index in [0.717, 1.165) is 48.6 Å². The first-order valence-corrected chi connectivity index (χ1v) is 8.37. The van der Waals surface area contributed by atoms with Crippen molar-refractivity contribution in [3.05, 3.63) is 47.9 Å². The Bertz CT molecular complexity index is 828. The standard InChI is InChI=1S/C18H22N6/c1-13-16-17(22-21-13)19-12-20-18(16)24-9-8-23(2)11-15(24)10-14-6-4-3-5-7-14/h3-7,12,15H,8-11H2,1-2H3,(H,19,20,21,22). The predicted molar refractivity (Wildman–Crippen MR) is 95.2 cm³/mol. The fourth-order valence-electron chi connectivity index (χ4n) is 3.55. The number of hydrogen-bond donors (Lipinski definition) is 1. The van der Waals surface area contributed by atoms with Gasteiger partial charge in [0.05, 0.1) is 5.39 Å². The number of nitrogens with zero attached hydrogens (tertiary/aromatic N) is 5. The monoisotopic (exact) mass is 322 g/mol. The SMILES string of the molecule is Cc1[nH]nc2ncnc(N3CCN(C)CC3Cc3ccccc3)c12. The molecule has 0 spiro atoms. The van der Waals surface area contributed by atoms with Crippen LogP contribution in [0.5, 0.6) is 0 Å². The second-order valence-electron chi connectivity index (χ2n) is 6.54. The number of rotatable bonds is 3. The average molecular weight is 322 g/mol. The summed E-state index contributed by atoms with van der Waals surface area (Å²) >= 11 is 0. The lowest BCUT2D eigenvalue weighted by molar-refractivity contribution is 0.265. The molecule has 0 saturated carbocycles. The third-order valence-corrected chi connectivity index (χ3v) is 4.78. The summed E-state index contributed by atoms with van der Waals surface area (Å²) in [5.41, 5.74) is 3.13. The van der Waals surface area contributed by atoms with Crippen LogP contribution in [0.2, 0.25) is 0 Å². The summed E-state index contributed by atoms with van der Waals surface area (Å²) in [4.78, 5) is 13.7. The van der Waals surface area contributed by atoms with Crippen LogP contribution in [-0.2, 0) is 6.42 Å². The molecule has 0 amide bonds. The Morgan fingerprint density at radius 2 is 2.00 bits per heavy atom. The second kappa shape index (κ2) is 6.20. The van der Waals surface area contributed by atoms with E-state index in [4.69, 9.17) is 0 Å². The predicted octanol–water partition coefficient (Wildman–Crippen LogP) is 2.02. The smallest absolute Gasteiger partial charge is 0.186 e. The van der Waals surface area contributed by atoms with Crippen molar-refractivity contribution >= 4 is 16.9 Å². The molecule has 24 heavy (non-hydrogen) atoms. The van der Waals surface area contributed by atoms with Crippen molar-refractivity contribution in [2.24, 2.45) is 0 Å². The number of piperazine rings is 1. The molecule has 124 valence electrons. The van der Waals surface area contributed by atoms with E-state index < -0.39 is 0 Å². The topological polar surface area (TPSA) is 60.9 Å². The van der Waals surface area contributed by atoms with Crippen molar-refractivity contribution in [1.29, 1.82) is 0 Å². The summed E-state index contributed by atoms with van der Waals surface area (Å²) in [6, 6.07) is 11.1. The first kappa shape index (κ1) is 15.1. The van der Waals surface area contributed by atoms with Crippen molar-refractivity contribution < 1.29 is 0 Å². The van der Waals surface area contributed by atoms with E-state index >= 15 is 0 Å². The van der Waals surface area contributed by atoms with Gasteiger partial charge in [-0.05, 0) is 26.0 Å². The molecule has 0 radical (unpaired) electrons. The van der Waals surface area contributed by atoms with Crippen molar-refractivity contribution in [1.82, 2.24) is 25.1 Å². The van der Waals surface area contributed by atoms with Crippen LogP contribution < -0.4 is 4.90 Å². The van der Waals surface area contributed by atoms with Gasteiger partial charge in [0.25, 0.3) is 0 Å². The van der Waals surface area contributed by atoms with Crippen LogP contribution in [0.25, 0.3) is 11.0 Å². The number of aromatic amines is 1. The molecule has 1 saturated heterocycles. The molecule has 4 rings (SSSR count). The third kappa shape index (κ3) is 2.73. The van der Waals surface area contributed by atoms with Gasteiger partial charge in [0, 0.05) is 31.4 Å². The number of aromatic nitrogens is 4. The van der Waals surface area contributed by atoms with Gasteiger partial charge >= 0.3 is 0 Å². The van der Waals surface area contributed by atoms with Crippen LogP contribution >= 0.6 is 0 Å². The molecule has 0 bridgehead atoms. The average Bonchev–Trinajstić information content (AvgIpc) is 2.98. The maximum Gasteiger partial charge on any atom is 0.186 e. The quantitative estimate of drug-likeness (QED) is 0.799. The zero-order chi connectivity index (χ0) is 16.5. The molecule has 1 aromatic carbocycles. The molecule has 6 nitrogen and oxygen atoms in total. The number of likely N-dealkylation sites (N-methyl/N-ethyl adjacent to an activating group) is 1. The lowest BCUT2D eigenvalue weighted by Gasteiger charge is -2.41. The van der Waals surface area contributed by atoms with Gasteiger partial charge < -0.3 is 9.80 Å². The number of fused-ring (bicyclic) bond motifs is 1. The molecule has 2 aromatic heterocycles. The minimum Gasteiger partial charge on any atom is -0.350 e. The normalized spacial score (nSPS) is 19.1. The van der Waals surface area contributed by atoms with Gasteiger partial charge in [-0.25, -0.2) is 9.97 Å². The van der Waals surface area contributed by atoms with Crippen LogP contribution in [0.15, 0.2) is 36.7 Å². The largest absolute Gasteiger partial charge is 0.350 e. The van der Waals surface area contributed by atoms with E-state index in [2.05, 4.69) is 67.3 Å².